The first-order chi connectivity index (χ1) is 13.5. The van der Waals surface area contributed by atoms with E-state index in [0.717, 1.165) is 12.1 Å². The summed E-state index contributed by atoms with van der Waals surface area (Å²) in [6.07, 6.45) is -5.44. The standard InChI is InChI=1S/C19H20F3NO5S/c1-3-27-17(24)18(19(20,21)22,28-13-15-7-5-4-6-8-15)23-29(25,26)16-11-9-14(2)10-12-16/h4-12,23H,3,13H2,1-2H3. The van der Waals surface area contributed by atoms with Crippen LogP contribution in [0.3, 0.4) is 0 Å². The summed E-state index contributed by atoms with van der Waals surface area (Å²) in [7, 11) is -4.78. The van der Waals surface area contributed by atoms with Crippen LogP contribution in [0.2, 0.25) is 0 Å². The number of esters is 1. The van der Waals surface area contributed by atoms with Crippen LogP contribution in [0.4, 0.5) is 13.2 Å². The molecule has 2 rings (SSSR count). The van der Waals surface area contributed by atoms with E-state index in [1.165, 1.54) is 35.9 Å². The van der Waals surface area contributed by atoms with Crippen molar-refractivity contribution in [3.63, 3.8) is 0 Å². The fraction of sp³-hybridized carbons (Fsp3) is 0.316. The summed E-state index contributed by atoms with van der Waals surface area (Å²) < 4.78 is 78.1. The lowest BCUT2D eigenvalue weighted by molar-refractivity contribution is -0.284. The Kier molecular flexibility index (Phi) is 7.04. The molecule has 1 atom stereocenters. The second-order valence-corrected chi connectivity index (χ2v) is 7.77. The number of aryl methyl sites for hydroxylation is 1. The Bertz CT molecular complexity index is 931. The molecule has 0 aromatic heterocycles. The summed E-state index contributed by atoms with van der Waals surface area (Å²) in [4.78, 5) is 11.8. The number of hydrogen-bond acceptors (Lipinski definition) is 5. The van der Waals surface area contributed by atoms with E-state index in [2.05, 4.69) is 4.74 Å². The van der Waals surface area contributed by atoms with Gasteiger partial charge in [0.25, 0.3) is 0 Å². The molecule has 0 heterocycles. The van der Waals surface area contributed by atoms with Crippen LogP contribution in [0.25, 0.3) is 0 Å². The van der Waals surface area contributed by atoms with Crippen LogP contribution in [0.1, 0.15) is 18.1 Å². The fourth-order valence-corrected chi connectivity index (χ4v) is 3.60. The van der Waals surface area contributed by atoms with Gasteiger partial charge in [0.15, 0.2) is 0 Å². The fourth-order valence-electron chi connectivity index (χ4n) is 2.35. The average Bonchev–Trinajstić information content (AvgIpc) is 2.65. The number of ether oxygens (including phenoxy) is 2. The first-order valence-electron chi connectivity index (χ1n) is 8.54. The number of carbonyl (C=O) groups excluding carboxylic acids is 1. The van der Waals surface area contributed by atoms with Crippen molar-refractivity contribution in [3.8, 4) is 0 Å². The third kappa shape index (κ3) is 5.34. The molecule has 1 unspecified atom stereocenters. The van der Waals surface area contributed by atoms with E-state index in [1.807, 2.05) is 0 Å². The monoisotopic (exact) mass is 431 g/mol. The maximum Gasteiger partial charge on any atom is 0.443 e. The molecule has 2 aromatic rings. The van der Waals surface area contributed by atoms with Crippen molar-refractivity contribution in [1.82, 2.24) is 4.72 Å². The van der Waals surface area contributed by atoms with Crippen molar-refractivity contribution in [3.05, 3.63) is 65.7 Å². The molecule has 0 fully saturated rings. The highest BCUT2D eigenvalue weighted by molar-refractivity contribution is 7.89. The van der Waals surface area contributed by atoms with Gasteiger partial charge in [-0.05, 0) is 31.5 Å². The zero-order valence-corrected chi connectivity index (χ0v) is 16.5. The minimum atomic E-state index is -5.44. The molecular formula is C19H20F3NO5S. The largest absolute Gasteiger partial charge is 0.463 e. The summed E-state index contributed by atoms with van der Waals surface area (Å²) in [6, 6.07) is 12.8. The second-order valence-electron chi connectivity index (χ2n) is 6.09. The number of rotatable bonds is 8. The Morgan fingerprint density at radius 1 is 1.03 bits per heavy atom. The summed E-state index contributed by atoms with van der Waals surface area (Å²) in [6.45, 7) is 1.89. The molecule has 29 heavy (non-hydrogen) atoms. The van der Waals surface area contributed by atoms with E-state index in [-0.39, 0.29) is 0 Å². The third-order valence-corrected chi connectivity index (χ3v) is 5.32. The van der Waals surface area contributed by atoms with Crippen molar-refractivity contribution >= 4 is 16.0 Å². The normalized spacial score (nSPS) is 14.2. The molecule has 0 aliphatic rings. The molecule has 0 saturated carbocycles. The number of hydrogen-bond donors (Lipinski definition) is 1. The highest BCUT2D eigenvalue weighted by Crippen LogP contribution is 2.35. The van der Waals surface area contributed by atoms with Crippen molar-refractivity contribution < 1.29 is 35.9 Å². The molecule has 158 valence electrons. The van der Waals surface area contributed by atoms with Gasteiger partial charge in [0.05, 0.1) is 18.1 Å². The molecule has 0 aliphatic heterocycles. The highest BCUT2D eigenvalue weighted by Gasteiger charge is 2.65. The number of sulfonamides is 1. The van der Waals surface area contributed by atoms with Crippen LogP contribution in [-0.4, -0.2) is 32.9 Å². The van der Waals surface area contributed by atoms with Gasteiger partial charge < -0.3 is 9.47 Å². The predicted octanol–water partition coefficient (Wildman–Crippen LogP) is 3.31. The number of nitrogens with one attached hydrogen (secondary N) is 1. The van der Waals surface area contributed by atoms with E-state index < -0.39 is 46.0 Å². The molecule has 10 heteroatoms. The van der Waals surface area contributed by atoms with Gasteiger partial charge >= 0.3 is 17.9 Å². The molecule has 0 spiro atoms. The van der Waals surface area contributed by atoms with E-state index >= 15 is 0 Å². The molecule has 0 saturated heterocycles. The minimum absolute atomic E-state index is 0.306. The molecule has 0 amide bonds. The highest BCUT2D eigenvalue weighted by atomic mass is 32.2. The smallest absolute Gasteiger partial charge is 0.443 e. The Balaban J connectivity index is 2.48. The molecule has 2 aromatic carbocycles. The summed E-state index contributed by atoms with van der Waals surface area (Å²) in [5, 5.41) is 0. The maximum atomic E-state index is 14.0. The number of halogens is 3. The Morgan fingerprint density at radius 3 is 2.14 bits per heavy atom. The Morgan fingerprint density at radius 2 is 1.62 bits per heavy atom. The van der Waals surface area contributed by atoms with Gasteiger partial charge in [-0.15, -0.1) is 0 Å². The summed E-state index contributed by atoms with van der Waals surface area (Å²) in [5.41, 5.74) is -2.90. The lowest BCUT2D eigenvalue weighted by Crippen LogP contribution is -2.66. The first kappa shape index (κ1) is 22.9. The molecule has 6 nitrogen and oxygen atoms in total. The van der Waals surface area contributed by atoms with Crippen molar-refractivity contribution in [2.75, 3.05) is 6.61 Å². The van der Waals surface area contributed by atoms with E-state index in [0.29, 0.717) is 11.1 Å². The van der Waals surface area contributed by atoms with Gasteiger partial charge in [-0.3, -0.25) is 0 Å². The minimum Gasteiger partial charge on any atom is -0.463 e. The number of benzene rings is 2. The molecule has 0 bridgehead atoms. The Labute approximate surface area is 166 Å². The predicted molar refractivity (Wildman–Crippen MR) is 98.2 cm³/mol. The number of carbonyl (C=O) groups is 1. The summed E-state index contributed by atoms with van der Waals surface area (Å²) in [5.74, 6) is -1.90. The number of alkyl halides is 3. The van der Waals surface area contributed by atoms with Gasteiger partial charge in [-0.1, -0.05) is 48.0 Å². The van der Waals surface area contributed by atoms with Gasteiger partial charge in [0, 0.05) is 0 Å². The van der Waals surface area contributed by atoms with Gasteiger partial charge in [0.1, 0.15) is 0 Å². The SMILES string of the molecule is CCOC(=O)C(NS(=O)(=O)c1ccc(C)cc1)(OCc1ccccc1)C(F)(F)F. The van der Waals surface area contributed by atoms with Crippen LogP contribution in [-0.2, 0) is 30.9 Å². The van der Waals surface area contributed by atoms with Gasteiger partial charge in [-0.2, -0.15) is 17.9 Å². The van der Waals surface area contributed by atoms with Gasteiger partial charge in [0.2, 0.25) is 10.0 Å². The lowest BCUT2D eigenvalue weighted by Gasteiger charge is -2.33. The maximum absolute atomic E-state index is 14.0. The van der Waals surface area contributed by atoms with E-state index in [4.69, 9.17) is 4.74 Å². The zero-order valence-electron chi connectivity index (χ0n) is 15.7. The van der Waals surface area contributed by atoms with Crippen LogP contribution < -0.4 is 4.72 Å². The summed E-state index contributed by atoms with van der Waals surface area (Å²) >= 11 is 0. The molecule has 1 N–H and O–H groups in total. The van der Waals surface area contributed by atoms with E-state index in [9.17, 15) is 26.4 Å². The van der Waals surface area contributed by atoms with Crippen LogP contribution in [0.5, 0.6) is 0 Å². The second kappa shape index (κ2) is 8.93. The van der Waals surface area contributed by atoms with Crippen LogP contribution in [0, 0.1) is 6.92 Å². The third-order valence-electron chi connectivity index (χ3n) is 3.87. The molecular weight excluding hydrogens is 411 g/mol. The lowest BCUT2D eigenvalue weighted by atomic mass is 10.2. The Hall–Kier alpha value is -2.43. The van der Waals surface area contributed by atoms with Crippen LogP contribution in [0.15, 0.2) is 59.5 Å². The quantitative estimate of drug-likeness (QED) is 0.512. The van der Waals surface area contributed by atoms with Crippen molar-refractivity contribution in [2.45, 2.75) is 37.3 Å². The van der Waals surface area contributed by atoms with Crippen LogP contribution >= 0.6 is 0 Å². The molecule has 0 radical (unpaired) electrons. The van der Waals surface area contributed by atoms with Crippen molar-refractivity contribution in [2.24, 2.45) is 0 Å². The van der Waals surface area contributed by atoms with Crippen molar-refractivity contribution in [1.29, 1.82) is 0 Å². The topological polar surface area (TPSA) is 81.7 Å². The zero-order chi connectivity index (χ0) is 21.7. The van der Waals surface area contributed by atoms with Gasteiger partial charge in [-0.25, -0.2) is 13.2 Å². The average molecular weight is 431 g/mol. The molecule has 0 aliphatic carbocycles. The first-order valence-corrected chi connectivity index (χ1v) is 10.0. The van der Waals surface area contributed by atoms with E-state index in [1.54, 1.807) is 25.1 Å².